The summed E-state index contributed by atoms with van der Waals surface area (Å²) in [4.78, 5) is 28.4. The SMILES string of the molecule is C[C@@H](O)[C@H](N)C1=N/C(=C\c2ccc(C#N)cc2)C(=O)N1CC(=O)O. The number of nitrogens with two attached hydrogens (primary N) is 1. The Labute approximate surface area is 138 Å². The van der Waals surface area contributed by atoms with E-state index in [9.17, 15) is 14.7 Å². The van der Waals surface area contributed by atoms with Crippen molar-refractivity contribution in [1.29, 1.82) is 5.26 Å². The molecule has 1 aliphatic heterocycles. The normalized spacial score (nSPS) is 18.2. The quantitative estimate of drug-likeness (QED) is 0.646. The van der Waals surface area contributed by atoms with Crippen LogP contribution in [0.3, 0.4) is 0 Å². The number of aliphatic hydroxyl groups is 1. The Bertz CT molecular complexity index is 759. The Morgan fingerprint density at radius 1 is 1.46 bits per heavy atom. The Kier molecular flexibility index (Phi) is 5.08. The maximum absolute atomic E-state index is 12.4. The molecule has 0 aromatic heterocycles. The van der Waals surface area contributed by atoms with Crippen LogP contribution in [-0.2, 0) is 9.59 Å². The van der Waals surface area contributed by atoms with E-state index in [1.807, 2.05) is 6.07 Å². The average Bonchev–Trinajstić information content (AvgIpc) is 2.83. The molecule has 0 fully saturated rings. The van der Waals surface area contributed by atoms with Crippen LogP contribution in [0, 0.1) is 11.3 Å². The number of nitriles is 1. The number of carboxylic acids is 1. The van der Waals surface area contributed by atoms with Gasteiger partial charge in [-0.2, -0.15) is 5.26 Å². The van der Waals surface area contributed by atoms with Crippen molar-refractivity contribution < 1.29 is 19.8 Å². The molecule has 0 saturated heterocycles. The highest BCUT2D eigenvalue weighted by Gasteiger charge is 2.36. The van der Waals surface area contributed by atoms with Crippen LogP contribution in [-0.4, -0.2) is 51.5 Å². The van der Waals surface area contributed by atoms with Gasteiger partial charge in [0.2, 0.25) is 0 Å². The van der Waals surface area contributed by atoms with Crippen molar-refractivity contribution in [3.8, 4) is 6.07 Å². The number of amides is 1. The first kappa shape index (κ1) is 17.3. The second-order valence-corrected chi connectivity index (χ2v) is 5.28. The fourth-order valence-corrected chi connectivity index (χ4v) is 2.14. The Morgan fingerprint density at radius 3 is 2.58 bits per heavy atom. The summed E-state index contributed by atoms with van der Waals surface area (Å²) >= 11 is 0. The number of benzene rings is 1. The largest absolute Gasteiger partial charge is 0.480 e. The molecule has 1 heterocycles. The number of aliphatic imine (C=N–C) groups is 1. The maximum Gasteiger partial charge on any atom is 0.323 e. The van der Waals surface area contributed by atoms with Crippen molar-refractivity contribution in [3.05, 3.63) is 41.1 Å². The minimum absolute atomic E-state index is 0.0114. The summed E-state index contributed by atoms with van der Waals surface area (Å²) in [5.41, 5.74) is 6.94. The van der Waals surface area contributed by atoms with Crippen molar-refractivity contribution in [3.63, 3.8) is 0 Å². The fraction of sp³-hybridized carbons (Fsp3) is 0.250. The summed E-state index contributed by atoms with van der Waals surface area (Å²) < 4.78 is 0. The first-order chi connectivity index (χ1) is 11.3. The van der Waals surface area contributed by atoms with E-state index >= 15 is 0 Å². The van der Waals surface area contributed by atoms with Gasteiger partial charge in [-0.1, -0.05) is 12.1 Å². The fourth-order valence-electron chi connectivity index (χ4n) is 2.14. The summed E-state index contributed by atoms with van der Waals surface area (Å²) in [6.45, 7) is 0.835. The zero-order valence-electron chi connectivity index (χ0n) is 12.9. The number of amidine groups is 1. The molecule has 0 radical (unpaired) electrons. The van der Waals surface area contributed by atoms with Crippen LogP contribution < -0.4 is 5.73 Å². The van der Waals surface area contributed by atoms with Gasteiger partial charge in [-0.15, -0.1) is 0 Å². The second-order valence-electron chi connectivity index (χ2n) is 5.28. The van der Waals surface area contributed by atoms with Crippen molar-refractivity contribution >= 4 is 23.8 Å². The molecule has 4 N–H and O–H groups in total. The zero-order valence-corrected chi connectivity index (χ0v) is 12.9. The molecule has 8 nitrogen and oxygen atoms in total. The van der Waals surface area contributed by atoms with E-state index in [0.717, 1.165) is 4.90 Å². The Balaban J connectivity index is 2.38. The highest BCUT2D eigenvalue weighted by Crippen LogP contribution is 2.20. The van der Waals surface area contributed by atoms with E-state index < -0.39 is 30.6 Å². The number of aliphatic hydroxyl groups excluding tert-OH is 1. The van der Waals surface area contributed by atoms with Crippen LogP contribution in [0.2, 0.25) is 0 Å². The van der Waals surface area contributed by atoms with Gasteiger partial charge in [0.1, 0.15) is 18.1 Å². The number of carbonyl (C=O) groups excluding carboxylic acids is 1. The van der Waals surface area contributed by atoms with Crippen LogP contribution >= 0.6 is 0 Å². The van der Waals surface area contributed by atoms with Crippen molar-refractivity contribution in [2.24, 2.45) is 10.7 Å². The molecular weight excluding hydrogens is 312 g/mol. The molecule has 1 aromatic rings. The lowest BCUT2D eigenvalue weighted by molar-refractivity contribution is -0.140. The lowest BCUT2D eigenvalue weighted by Crippen LogP contribution is -2.50. The second kappa shape index (κ2) is 7.04. The number of nitrogens with zero attached hydrogens (tertiary/aromatic N) is 3. The number of hydrogen-bond acceptors (Lipinski definition) is 6. The Morgan fingerprint density at radius 2 is 2.08 bits per heavy atom. The smallest absolute Gasteiger partial charge is 0.323 e. The number of hydrogen-bond donors (Lipinski definition) is 3. The first-order valence-corrected chi connectivity index (χ1v) is 7.11. The molecule has 24 heavy (non-hydrogen) atoms. The van der Waals surface area contributed by atoms with Gasteiger partial charge in [-0.3, -0.25) is 14.5 Å². The van der Waals surface area contributed by atoms with Crippen LogP contribution in [0.15, 0.2) is 35.0 Å². The van der Waals surface area contributed by atoms with Gasteiger partial charge in [-0.05, 0) is 30.7 Å². The molecule has 0 unspecified atom stereocenters. The summed E-state index contributed by atoms with van der Waals surface area (Å²) in [6, 6.07) is 7.46. The van der Waals surface area contributed by atoms with E-state index in [0.29, 0.717) is 11.1 Å². The van der Waals surface area contributed by atoms with E-state index in [4.69, 9.17) is 16.1 Å². The third kappa shape index (κ3) is 3.65. The first-order valence-electron chi connectivity index (χ1n) is 7.11. The standard InChI is InChI=1S/C16H16N4O4/c1-9(21)14(18)15-19-12(16(24)20(15)8-13(22)23)6-10-2-4-11(7-17)5-3-10/h2-6,9,14,21H,8,18H2,1H3,(H,22,23)/b12-6-/t9-,14+/m1/s1. The molecule has 124 valence electrons. The van der Waals surface area contributed by atoms with Gasteiger partial charge < -0.3 is 15.9 Å². The molecule has 0 bridgehead atoms. The lowest BCUT2D eigenvalue weighted by Gasteiger charge is -2.22. The number of carbonyl (C=O) groups is 2. The minimum atomic E-state index is -1.21. The van der Waals surface area contributed by atoms with Gasteiger partial charge >= 0.3 is 5.97 Å². The number of aliphatic carboxylic acids is 1. The third-order valence-corrected chi connectivity index (χ3v) is 3.43. The lowest BCUT2D eigenvalue weighted by atomic mass is 10.1. The number of carboxylic acid groups (broad SMARTS) is 1. The number of rotatable bonds is 5. The van der Waals surface area contributed by atoms with Crippen LogP contribution in [0.4, 0.5) is 0 Å². The summed E-state index contributed by atoms with van der Waals surface area (Å²) in [7, 11) is 0. The minimum Gasteiger partial charge on any atom is -0.480 e. The van der Waals surface area contributed by atoms with Gasteiger partial charge in [-0.25, -0.2) is 4.99 Å². The van der Waals surface area contributed by atoms with Gasteiger partial charge in [0.15, 0.2) is 0 Å². The molecule has 2 atom stereocenters. The molecule has 1 amide bonds. The van der Waals surface area contributed by atoms with Crippen molar-refractivity contribution in [2.75, 3.05) is 6.54 Å². The molecule has 8 heteroatoms. The molecule has 1 aliphatic rings. The van der Waals surface area contributed by atoms with Crippen LogP contribution in [0.25, 0.3) is 6.08 Å². The van der Waals surface area contributed by atoms with Crippen molar-refractivity contribution in [2.45, 2.75) is 19.1 Å². The summed E-state index contributed by atoms with van der Waals surface area (Å²) in [5, 5.41) is 27.4. The van der Waals surface area contributed by atoms with Gasteiger partial charge in [0.05, 0.1) is 23.8 Å². The summed E-state index contributed by atoms with van der Waals surface area (Å²) in [6.07, 6.45) is 0.474. The van der Waals surface area contributed by atoms with Gasteiger partial charge in [0.25, 0.3) is 5.91 Å². The average molecular weight is 328 g/mol. The zero-order chi connectivity index (χ0) is 17.9. The highest BCUT2D eigenvalue weighted by molar-refractivity contribution is 6.17. The molecular formula is C16H16N4O4. The van der Waals surface area contributed by atoms with Gasteiger partial charge in [0, 0.05) is 0 Å². The summed E-state index contributed by atoms with van der Waals surface area (Å²) in [5.74, 6) is -1.81. The highest BCUT2D eigenvalue weighted by atomic mass is 16.4. The predicted molar refractivity (Wildman–Crippen MR) is 85.6 cm³/mol. The van der Waals surface area contributed by atoms with Crippen LogP contribution in [0.5, 0.6) is 0 Å². The molecule has 0 spiro atoms. The predicted octanol–water partition coefficient (Wildman–Crippen LogP) is -0.0674. The van der Waals surface area contributed by atoms with E-state index in [-0.39, 0.29) is 11.5 Å². The molecule has 2 rings (SSSR count). The van der Waals surface area contributed by atoms with Crippen LogP contribution in [0.1, 0.15) is 18.1 Å². The van der Waals surface area contributed by atoms with Crippen molar-refractivity contribution in [1.82, 2.24) is 4.90 Å². The molecule has 1 aromatic carbocycles. The third-order valence-electron chi connectivity index (χ3n) is 3.43. The van der Waals surface area contributed by atoms with E-state index in [1.165, 1.54) is 13.0 Å². The Hall–Kier alpha value is -3.02. The van der Waals surface area contributed by atoms with E-state index in [2.05, 4.69) is 4.99 Å². The maximum atomic E-state index is 12.4. The topological polar surface area (TPSA) is 140 Å². The van der Waals surface area contributed by atoms with E-state index in [1.54, 1.807) is 24.3 Å². The molecule has 0 aliphatic carbocycles. The molecule has 0 saturated carbocycles. The monoisotopic (exact) mass is 328 g/mol.